The highest BCUT2D eigenvalue weighted by Gasteiger charge is 2.29. The predicted molar refractivity (Wildman–Crippen MR) is 53.2 cm³/mol. The third-order valence-electron chi connectivity index (χ3n) is 2.12. The molecule has 0 aliphatic heterocycles. The van der Waals surface area contributed by atoms with Crippen LogP contribution in [0, 0.1) is 0 Å². The maximum Gasteiger partial charge on any atom is 0.356 e. The summed E-state index contributed by atoms with van der Waals surface area (Å²) in [5, 5.41) is 9.34. The van der Waals surface area contributed by atoms with Crippen molar-refractivity contribution in [2.24, 2.45) is 0 Å². The Morgan fingerprint density at radius 3 is 2.57 bits per heavy atom. The molecule has 3 nitrogen and oxygen atoms in total. The van der Waals surface area contributed by atoms with Gasteiger partial charge in [-0.15, -0.1) is 0 Å². The van der Waals surface area contributed by atoms with E-state index in [2.05, 4.69) is 4.98 Å². The van der Waals surface area contributed by atoms with E-state index in [0.717, 1.165) is 12.8 Å². The SMILES string of the molecule is O=C(O)c1nc(C2CC2)c(Cl)cc1Cl. The van der Waals surface area contributed by atoms with Crippen molar-refractivity contribution in [2.75, 3.05) is 0 Å². The molecule has 0 radical (unpaired) electrons. The molecular formula is C9H7Cl2NO2. The van der Waals surface area contributed by atoms with Gasteiger partial charge in [0.05, 0.1) is 15.7 Å². The highest BCUT2D eigenvalue weighted by molar-refractivity contribution is 6.36. The zero-order valence-electron chi connectivity index (χ0n) is 7.13. The number of halogens is 2. The first-order valence-electron chi connectivity index (χ1n) is 4.19. The molecule has 1 saturated carbocycles. The van der Waals surface area contributed by atoms with Crippen molar-refractivity contribution in [1.29, 1.82) is 0 Å². The van der Waals surface area contributed by atoms with Crippen LogP contribution in [0.4, 0.5) is 0 Å². The average Bonchev–Trinajstić information content (AvgIpc) is 2.86. The van der Waals surface area contributed by atoms with Crippen molar-refractivity contribution < 1.29 is 9.90 Å². The molecule has 0 atom stereocenters. The number of carboxylic acid groups (broad SMARTS) is 1. The Kier molecular flexibility index (Phi) is 2.37. The molecule has 1 N–H and O–H groups in total. The second-order valence-corrected chi connectivity index (χ2v) is 4.08. The number of nitrogens with zero attached hydrogens (tertiary/aromatic N) is 1. The van der Waals surface area contributed by atoms with Crippen LogP contribution in [0.1, 0.15) is 34.9 Å². The van der Waals surface area contributed by atoms with Gasteiger partial charge in [-0.1, -0.05) is 23.2 Å². The van der Waals surface area contributed by atoms with Crippen molar-refractivity contribution in [3.63, 3.8) is 0 Å². The summed E-state index contributed by atoms with van der Waals surface area (Å²) >= 11 is 11.6. The second-order valence-electron chi connectivity index (χ2n) is 3.27. The topological polar surface area (TPSA) is 50.2 Å². The predicted octanol–water partition coefficient (Wildman–Crippen LogP) is 2.96. The molecule has 74 valence electrons. The second kappa shape index (κ2) is 3.41. The summed E-state index contributed by atoms with van der Waals surface area (Å²) in [5.41, 5.74) is 0.548. The lowest BCUT2D eigenvalue weighted by Gasteiger charge is -2.04. The van der Waals surface area contributed by atoms with Crippen LogP contribution < -0.4 is 0 Å². The molecule has 1 aromatic heterocycles. The minimum absolute atomic E-state index is 0.0897. The fraction of sp³-hybridized carbons (Fsp3) is 0.333. The molecule has 1 aliphatic carbocycles. The van der Waals surface area contributed by atoms with Crippen molar-refractivity contribution in [2.45, 2.75) is 18.8 Å². The van der Waals surface area contributed by atoms with Gasteiger partial charge in [0, 0.05) is 5.92 Å². The van der Waals surface area contributed by atoms with Crippen LogP contribution in [0.25, 0.3) is 0 Å². The van der Waals surface area contributed by atoms with E-state index in [1.165, 1.54) is 6.07 Å². The van der Waals surface area contributed by atoms with Gasteiger partial charge in [-0.25, -0.2) is 9.78 Å². The largest absolute Gasteiger partial charge is 0.476 e. The first kappa shape index (κ1) is 9.74. The molecule has 0 bridgehead atoms. The average molecular weight is 232 g/mol. The zero-order chi connectivity index (χ0) is 10.3. The molecule has 0 spiro atoms. The van der Waals surface area contributed by atoms with Crippen molar-refractivity contribution in [3.8, 4) is 0 Å². The minimum atomic E-state index is -1.12. The number of pyridine rings is 1. The highest BCUT2D eigenvalue weighted by atomic mass is 35.5. The summed E-state index contributed by atoms with van der Waals surface area (Å²) < 4.78 is 0. The normalized spacial score (nSPS) is 15.6. The number of carboxylic acids is 1. The number of rotatable bonds is 2. The van der Waals surface area contributed by atoms with Gasteiger partial charge < -0.3 is 5.11 Å². The van der Waals surface area contributed by atoms with Gasteiger partial charge >= 0.3 is 5.97 Å². The molecule has 1 aliphatic rings. The number of aromatic nitrogens is 1. The maximum atomic E-state index is 10.7. The molecule has 5 heteroatoms. The van der Waals surface area contributed by atoms with Crippen LogP contribution in [0.5, 0.6) is 0 Å². The van der Waals surface area contributed by atoms with Gasteiger partial charge in [-0.2, -0.15) is 0 Å². The van der Waals surface area contributed by atoms with E-state index in [4.69, 9.17) is 28.3 Å². The maximum absolute atomic E-state index is 10.7. The number of hydrogen-bond donors (Lipinski definition) is 1. The summed E-state index contributed by atoms with van der Waals surface area (Å²) in [5.74, 6) is -0.800. The Morgan fingerprint density at radius 1 is 1.43 bits per heavy atom. The fourth-order valence-electron chi connectivity index (χ4n) is 1.27. The molecule has 0 aromatic carbocycles. The van der Waals surface area contributed by atoms with Crippen molar-refractivity contribution in [3.05, 3.63) is 27.5 Å². The zero-order valence-corrected chi connectivity index (χ0v) is 8.64. The Morgan fingerprint density at radius 2 is 2.07 bits per heavy atom. The van der Waals surface area contributed by atoms with Crippen LogP contribution in [0.15, 0.2) is 6.07 Å². The number of aromatic carboxylic acids is 1. The van der Waals surface area contributed by atoms with Gasteiger partial charge in [0.1, 0.15) is 0 Å². The van der Waals surface area contributed by atoms with E-state index < -0.39 is 5.97 Å². The minimum Gasteiger partial charge on any atom is -0.476 e. The lowest BCUT2D eigenvalue weighted by Crippen LogP contribution is -2.04. The summed E-state index contributed by atoms with van der Waals surface area (Å²) in [7, 11) is 0. The van der Waals surface area contributed by atoms with E-state index in [9.17, 15) is 4.79 Å². The molecule has 2 rings (SSSR count). The molecule has 1 heterocycles. The highest BCUT2D eigenvalue weighted by Crippen LogP contribution is 2.42. The molecule has 0 amide bonds. The van der Waals surface area contributed by atoms with E-state index in [1.54, 1.807) is 0 Å². The lowest BCUT2D eigenvalue weighted by molar-refractivity contribution is 0.0690. The smallest absolute Gasteiger partial charge is 0.356 e. The van der Waals surface area contributed by atoms with E-state index in [1.807, 2.05) is 0 Å². The van der Waals surface area contributed by atoms with Crippen molar-refractivity contribution >= 4 is 29.2 Å². The first-order chi connectivity index (χ1) is 6.59. The van der Waals surface area contributed by atoms with E-state index in [-0.39, 0.29) is 10.7 Å². The van der Waals surface area contributed by atoms with Gasteiger partial charge in [0.25, 0.3) is 0 Å². The van der Waals surface area contributed by atoms with Crippen LogP contribution in [0.2, 0.25) is 10.0 Å². The van der Waals surface area contributed by atoms with Crippen LogP contribution in [0.3, 0.4) is 0 Å². The summed E-state index contributed by atoms with van der Waals surface area (Å²) in [6.45, 7) is 0. The van der Waals surface area contributed by atoms with Gasteiger partial charge in [-0.05, 0) is 18.9 Å². The quantitative estimate of drug-likeness (QED) is 0.852. The summed E-state index contributed by atoms with van der Waals surface area (Å²) in [6, 6.07) is 1.45. The van der Waals surface area contributed by atoms with E-state index >= 15 is 0 Å². The van der Waals surface area contributed by atoms with E-state index in [0.29, 0.717) is 16.6 Å². The molecule has 0 unspecified atom stereocenters. The third kappa shape index (κ3) is 1.70. The monoisotopic (exact) mass is 231 g/mol. The Hall–Kier alpha value is -0.800. The Bertz CT molecular complexity index is 402. The lowest BCUT2D eigenvalue weighted by atomic mass is 10.2. The van der Waals surface area contributed by atoms with Crippen LogP contribution in [-0.2, 0) is 0 Å². The fourth-order valence-corrected chi connectivity index (χ4v) is 1.87. The molecular weight excluding hydrogens is 225 g/mol. The number of carbonyl (C=O) groups is 1. The summed E-state index contributed by atoms with van der Waals surface area (Å²) in [6.07, 6.45) is 2.04. The van der Waals surface area contributed by atoms with Crippen LogP contribution >= 0.6 is 23.2 Å². The molecule has 14 heavy (non-hydrogen) atoms. The summed E-state index contributed by atoms with van der Waals surface area (Å²) in [4.78, 5) is 14.7. The standard InChI is InChI=1S/C9H7Cl2NO2/c10-5-3-6(11)8(9(13)14)12-7(5)4-1-2-4/h3-4H,1-2H2,(H,13,14). The first-order valence-corrected chi connectivity index (χ1v) is 4.94. The van der Waals surface area contributed by atoms with Gasteiger partial charge in [0.15, 0.2) is 5.69 Å². The number of hydrogen-bond acceptors (Lipinski definition) is 2. The van der Waals surface area contributed by atoms with Crippen molar-refractivity contribution in [1.82, 2.24) is 4.98 Å². The molecule has 1 aromatic rings. The molecule has 0 saturated heterocycles. The Labute approximate surface area is 90.7 Å². The Balaban J connectivity index is 2.51. The van der Waals surface area contributed by atoms with Gasteiger partial charge in [-0.3, -0.25) is 0 Å². The molecule has 1 fully saturated rings. The third-order valence-corrected chi connectivity index (χ3v) is 2.71. The van der Waals surface area contributed by atoms with Crippen LogP contribution in [-0.4, -0.2) is 16.1 Å². The van der Waals surface area contributed by atoms with Gasteiger partial charge in [0.2, 0.25) is 0 Å².